The Bertz CT molecular complexity index is 556. The van der Waals surface area contributed by atoms with Gasteiger partial charge in [0.15, 0.2) is 0 Å². The smallest absolute Gasteiger partial charge is 0.216 e. The Morgan fingerprint density at radius 1 is 1.53 bits per heavy atom. The molecule has 2 rings (SSSR count). The Kier molecular flexibility index (Phi) is 3.59. The lowest BCUT2D eigenvalue weighted by Crippen LogP contribution is -2.22. The van der Waals surface area contributed by atoms with E-state index >= 15 is 0 Å². The first-order valence-electron chi connectivity index (χ1n) is 5.57. The number of carbonyl (C=O) groups is 1. The van der Waals surface area contributed by atoms with E-state index in [0.717, 1.165) is 12.0 Å². The molecule has 1 aromatic carbocycles. The zero-order chi connectivity index (χ0) is 12.3. The van der Waals surface area contributed by atoms with Crippen molar-refractivity contribution in [2.45, 2.75) is 13.3 Å². The van der Waals surface area contributed by atoms with Crippen molar-refractivity contribution in [3.63, 3.8) is 0 Å². The molecule has 1 heterocycles. The highest BCUT2D eigenvalue weighted by atomic mass is 32.1. The third-order valence-electron chi connectivity index (χ3n) is 2.68. The topological polar surface area (TPSA) is 29.1 Å². The molecule has 17 heavy (non-hydrogen) atoms. The minimum Gasteiger partial charge on any atom is -0.356 e. The van der Waals surface area contributed by atoms with Crippen LogP contribution in [0.5, 0.6) is 0 Å². The number of hydrogen-bond acceptors (Lipinski definition) is 2. The molecule has 1 aromatic heterocycles. The van der Waals surface area contributed by atoms with E-state index in [0.29, 0.717) is 6.54 Å². The average Bonchev–Trinajstić information content (AvgIpc) is 2.71. The van der Waals surface area contributed by atoms with Gasteiger partial charge in [-0.3, -0.25) is 4.79 Å². The van der Waals surface area contributed by atoms with Crippen molar-refractivity contribution in [3.05, 3.63) is 41.3 Å². The molecule has 0 aliphatic heterocycles. The lowest BCUT2D eigenvalue weighted by atomic mass is 10.1. The molecule has 0 saturated carbocycles. The van der Waals surface area contributed by atoms with Crippen LogP contribution in [-0.4, -0.2) is 12.5 Å². The van der Waals surface area contributed by atoms with Gasteiger partial charge in [-0.05, 0) is 40.4 Å². The summed E-state index contributed by atoms with van der Waals surface area (Å²) in [4.78, 5) is 10.8. The van der Waals surface area contributed by atoms with E-state index in [2.05, 4.69) is 35.5 Å². The van der Waals surface area contributed by atoms with E-state index < -0.39 is 0 Å². The van der Waals surface area contributed by atoms with E-state index in [1.165, 1.54) is 15.6 Å². The molecule has 0 bridgehead atoms. The number of carbonyl (C=O) groups excluding carboxylic acids is 1. The van der Waals surface area contributed by atoms with Crippen LogP contribution in [0.4, 0.5) is 0 Å². The molecule has 1 amide bonds. The summed E-state index contributed by atoms with van der Waals surface area (Å²) in [6, 6.07) is 6.35. The Balaban J connectivity index is 2.21. The Hall–Kier alpha value is -1.61. The normalized spacial score (nSPS) is 10.4. The summed E-state index contributed by atoms with van der Waals surface area (Å²) in [6.07, 6.45) is 2.73. The fourth-order valence-corrected chi connectivity index (χ4v) is 2.77. The van der Waals surface area contributed by atoms with Gasteiger partial charge in [-0.2, -0.15) is 0 Å². The molecule has 0 atom stereocenters. The van der Waals surface area contributed by atoms with Gasteiger partial charge in [0.05, 0.1) is 0 Å². The van der Waals surface area contributed by atoms with Crippen molar-refractivity contribution in [2.75, 3.05) is 6.54 Å². The van der Waals surface area contributed by atoms with Gasteiger partial charge in [0.2, 0.25) is 5.91 Å². The molecule has 1 N–H and O–H groups in total. The zero-order valence-corrected chi connectivity index (χ0v) is 10.6. The highest BCUT2D eigenvalue weighted by Crippen LogP contribution is 2.27. The van der Waals surface area contributed by atoms with Crippen LogP contribution in [0.25, 0.3) is 16.2 Å². The molecule has 0 unspecified atom stereocenters. The third kappa shape index (κ3) is 2.74. The Labute approximate surface area is 105 Å². The van der Waals surface area contributed by atoms with Crippen LogP contribution in [0.15, 0.2) is 30.2 Å². The SMILES string of the molecule is C=Cc1ccc2scc(CCNC(C)=O)c2c1. The Morgan fingerprint density at radius 2 is 2.35 bits per heavy atom. The Morgan fingerprint density at radius 3 is 3.06 bits per heavy atom. The highest BCUT2D eigenvalue weighted by molar-refractivity contribution is 7.17. The van der Waals surface area contributed by atoms with Gasteiger partial charge in [-0.15, -0.1) is 11.3 Å². The molecule has 0 aliphatic carbocycles. The number of amides is 1. The maximum Gasteiger partial charge on any atom is 0.216 e. The number of hydrogen-bond donors (Lipinski definition) is 1. The van der Waals surface area contributed by atoms with Crippen LogP contribution in [0.2, 0.25) is 0 Å². The third-order valence-corrected chi connectivity index (χ3v) is 3.69. The first kappa shape index (κ1) is 11.9. The minimum absolute atomic E-state index is 0.0244. The van der Waals surface area contributed by atoms with Gasteiger partial charge in [-0.1, -0.05) is 18.7 Å². The van der Waals surface area contributed by atoms with E-state index in [1.54, 1.807) is 18.3 Å². The molecular formula is C14H15NOS. The van der Waals surface area contributed by atoms with E-state index in [4.69, 9.17) is 0 Å². The molecule has 88 valence electrons. The van der Waals surface area contributed by atoms with Gasteiger partial charge >= 0.3 is 0 Å². The molecule has 0 spiro atoms. The summed E-state index contributed by atoms with van der Waals surface area (Å²) in [5.41, 5.74) is 2.43. The lowest BCUT2D eigenvalue weighted by molar-refractivity contribution is -0.118. The highest BCUT2D eigenvalue weighted by Gasteiger charge is 2.04. The van der Waals surface area contributed by atoms with Gasteiger partial charge < -0.3 is 5.32 Å². The van der Waals surface area contributed by atoms with Crippen LogP contribution in [0.3, 0.4) is 0 Å². The van der Waals surface area contributed by atoms with Crippen molar-refractivity contribution in [1.82, 2.24) is 5.32 Å². The first-order chi connectivity index (χ1) is 8.20. The number of fused-ring (bicyclic) bond motifs is 1. The fraction of sp³-hybridized carbons (Fsp3) is 0.214. The van der Waals surface area contributed by atoms with Crippen molar-refractivity contribution >= 4 is 33.4 Å². The molecule has 2 aromatic rings. The van der Waals surface area contributed by atoms with Crippen molar-refractivity contribution in [1.29, 1.82) is 0 Å². The molecule has 0 aliphatic rings. The summed E-state index contributed by atoms with van der Waals surface area (Å²) in [5.74, 6) is 0.0244. The summed E-state index contributed by atoms with van der Waals surface area (Å²) >= 11 is 1.74. The number of benzene rings is 1. The van der Waals surface area contributed by atoms with Crippen LogP contribution in [0.1, 0.15) is 18.1 Å². The second kappa shape index (κ2) is 5.15. The monoisotopic (exact) mass is 245 g/mol. The predicted molar refractivity (Wildman–Crippen MR) is 74.3 cm³/mol. The van der Waals surface area contributed by atoms with Crippen LogP contribution < -0.4 is 5.32 Å². The summed E-state index contributed by atoms with van der Waals surface area (Å²) < 4.78 is 1.29. The lowest BCUT2D eigenvalue weighted by Gasteiger charge is -2.02. The number of thiophene rings is 1. The van der Waals surface area contributed by atoms with Gasteiger partial charge in [-0.25, -0.2) is 0 Å². The molecule has 0 saturated heterocycles. The fourth-order valence-electron chi connectivity index (χ4n) is 1.79. The van der Waals surface area contributed by atoms with Gasteiger partial charge in [0.1, 0.15) is 0 Å². The second-order valence-electron chi connectivity index (χ2n) is 3.95. The van der Waals surface area contributed by atoms with E-state index in [-0.39, 0.29) is 5.91 Å². The molecule has 0 fully saturated rings. The van der Waals surface area contributed by atoms with Crippen molar-refractivity contribution in [2.24, 2.45) is 0 Å². The number of nitrogens with one attached hydrogen (secondary N) is 1. The van der Waals surface area contributed by atoms with Gasteiger partial charge in [0, 0.05) is 18.2 Å². The maximum absolute atomic E-state index is 10.8. The van der Waals surface area contributed by atoms with E-state index in [9.17, 15) is 4.79 Å². The van der Waals surface area contributed by atoms with Crippen LogP contribution in [0, 0.1) is 0 Å². The molecule has 2 nitrogen and oxygen atoms in total. The second-order valence-corrected chi connectivity index (χ2v) is 4.86. The van der Waals surface area contributed by atoms with Crippen molar-refractivity contribution in [3.8, 4) is 0 Å². The summed E-state index contributed by atoms with van der Waals surface area (Å²) in [7, 11) is 0. The summed E-state index contributed by atoms with van der Waals surface area (Å²) in [5, 5.41) is 6.26. The molecule has 3 heteroatoms. The van der Waals surface area contributed by atoms with E-state index in [1.807, 2.05) is 6.08 Å². The largest absolute Gasteiger partial charge is 0.356 e. The van der Waals surface area contributed by atoms with Gasteiger partial charge in [0.25, 0.3) is 0 Å². The minimum atomic E-state index is 0.0244. The zero-order valence-electron chi connectivity index (χ0n) is 9.82. The van der Waals surface area contributed by atoms with Crippen molar-refractivity contribution < 1.29 is 4.79 Å². The predicted octanol–water partition coefficient (Wildman–Crippen LogP) is 3.22. The average molecular weight is 245 g/mol. The van der Waals surface area contributed by atoms with Crippen LogP contribution >= 0.6 is 11.3 Å². The summed E-state index contributed by atoms with van der Waals surface area (Å²) in [6.45, 7) is 6.02. The molecule has 0 radical (unpaired) electrons. The molecular weight excluding hydrogens is 230 g/mol. The maximum atomic E-state index is 10.8. The first-order valence-corrected chi connectivity index (χ1v) is 6.45. The quantitative estimate of drug-likeness (QED) is 0.880. The standard InChI is InChI=1S/C14H15NOS/c1-3-11-4-5-14-13(8-11)12(9-17-14)6-7-15-10(2)16/h3-5,8-9H,1,6-7H2,2H3,(H,15,16). The number of rotatable bonds is 4. The van der Waals surface area contributed by atoms with Crippen LogP contribution in [-0.2, 0) is 11.2 Å².